The zero-order valence-corrected chi connectivity index (χ0v) is 17.6. The highest BCUT2D eigenvalue weighted by Gasteiger charge is 2.14. The van der Waals surface area contributed by atoms with Gasteiger partial charge in [-0.1, -0.05) is 30.0 Å². The molecule has 2 aromatic carbocycles. The summed E-state index contributed by atoms with van der Waals surface area (Å²) in [5, 5.41) is 21.4. The van der Waals surface area contributed by atoms with Gasteiger partial charge in [-0.05, 0) is 61.1 Å². The highest BCUT2D eigenvalue weighted by molar-refractivity contribution is 7.99. The van der Waals surface area contributed by atoms with Crippen LogP contribution in [0.25, 0.3) is 0 Å². The van der Waals surface area contributed by atoms with E-state index in [4.69, 9.17) is 4.74 Å². The van der Waals surface area contributed by atoms with Gasteiger partial charge in [-0.2, -0.15) is 0 Å². The van der Waals surface area contributed by atoms with Crippen molar-refractivity contribution in [2.75, 3.05) is 11.1 Å². The number of amides is 1. The van der Waals surface area contributed by atoms with Crippen LogP contribution in [-0.2, 0) is 31.3 Å². The van der Waals surface area contributed by atoms with Gasteiger partial charge < -0.3 is 19.7 Å². The molecule has 0 spiro atoms. The molecule has 2 N–H and O–H groups in total. The Bertz CT molecular complexity index is 1050. The summed E-state index contributed by atoms with van der Waals surface area (Å²) in [5.41, 5.74) is 3.19. The number of nitrogens with one attached hydrogen (secondary N) is 1. The summed E-state index contributed by atoms with van der Waals surface area (Å²) in [4.78, 5) is 12.2. The number of hydrogen-bond donors (Lipinski definition) is 2. The van der Waals surface area contributed by atoms with Crippen molar-refractivity contribution < 1.29 is 14.6 Å². The predicted molar refractivity (Wildman–Crippen MR) is 116 cm³/mol. The number of hydrogen-bond acceptors (Lipinski definition) is 6. The number of carbonyl (C=O) groups is 1. The van der Waals surface area contributed by atoms with Crippen LogP contribution in [-0.4, -0.2) is 31.5 Å². The fourth-order valence-electron chi connectivity index (χ4n) is 3.44. The first-order chi connectivity index (χ1) is 14.6. The molecule has 30 heavy (non-hydrogen) atoms. The van der Waals surface area contributed by atoms with Crippen molar-refractivity contribution in [3.63, 3.8) is 0 Å². The molecular weight excluding hydrogens is 400 g/mol. The normalized spacial score (nSPS) is 13.0. The van der Waals surface area contributed by atoms with E-state index < -0.39 is 0 Å². The van der Waals surface area contributed by atoms with Gasteiger partial charge >= 0.3 is 0 Å². The smallest absolute Gasteiger partial charge is 0.234 e. The average molecular weight is 425 g/mol. The molecule has 0 fully saturated rings. The Kier molecular flexibility index (Phi) is 6.23. The molecule has 4 rings (SSSR count). The van der Waals surface area contributed by atoms with Crippen molar-refractivity contribution in [1.82, 2.24) is 14.8 Å². The largest absolute Gasteiger partial charge is 0.506 e. The summed E-state index contributed by atoms with van der Waals surface area (Å²) in [6.45, 7) is 0.312. The maximum Gasteiger partial charge on any atom is 0.234 e. The molecule has 7 nitrogen and oxygen atoms in total. The number of carbonyl (C=O) groups excluding carboxylic acids is 1. The van der Waals surface area contributed by atoms with E-state index >= 15 is 0 Å². The highest BCUT2D eigenvalue weighted by atomic mass is 32.2. The maximum absolute atomic E-state index is 12.2. The SMILES string of the molecule is Cn1c(COc2ccc3c(c2)CCCC3)nnc1SCC(=O)Nc1ccccc1O. The first-order valence-corrected chi connectivity index (χ1v) is 10.9. The second kappa shape index (κ2) is 9.21. The van der Waals surface area contributed by atoms with Crippen molar-refractivity contribution in [2.24, 2.45) is 7.05 Å². The molecule has 0 atom stereocenters. The van der Waals surface area contributed by atoms with Crippen molar-refractivity contribution in [1.29, 1.82) is 0 Å². The number of anilines is 1. The molecule has 0 unspecified atom stereocenters. The molecule has 0 bridgehead atoms. The topological polar surface area (TPSA) is 89.3 Å². The number of phenolic OH excluding ortho intramolecular Hbond substituents is 1. The molecule has 156 valence electrons. The number of aromatic hydroxyl groups is 1. The van der Waals surface area contributed by atoms with E-state index in [1.165, 1.54) is 41.8 Å². The molecule has 1 aliphatic rings. The third kappa shape index (κ3) is 4.76. The van der Waals surface area contributed by atoms with Gasteiger partial charge in [-0.3, -0.25) is 4.79 Å². The average Bonchev–Trinajstić information content (AvgIpc) is 3.11. The second-order valence-corrected chi connectivity index (χ2v) is 8.18. The van der Waals surface area contributed by atoms with Gasteiger partial charge in [-0.15, -0.1) is 10.2 Å². The Hall–Kier alpha value is -3.00. The Balaban J connectivity index is 1.31. The number of nitrogens with zero attached hydrogens (tertiary/aromatic N) is 3. The van der Waals surface area contributed by atoms with Gasteiger partial charge in [0.1, 0.15) is 18.1 Å². The van der Waals surface area contributed by atoms with E-state index in [0.717, 1.165) is 18.6 Å². The summed E-state index contributed by atoms with van der Waals surface area (Å²) < 4.78 is 7.76. The van der Waals surface area contributed by atoms with Gasteiger partial charge in [0.15, 0.2) is 11.0 Å². The molecule has 0 saturated heterocycles. The lowest BCUT2D eigenvalue weighted by atomic mass is 9.92. The van der Waals surface area contributed by atoms with E-state index in [1.807, 2.05) is 17.7 Å². The van der Waals surface area contributed by atoms with Crippen molar-refractivity contribution in [2.45, 2.75) is 37.4 Å². The molecule has 1 aromatic heterocycles. The Morgan fingerprint density at radius 1 is 1.17 bits per heavy atom. The van der Waals surface area contributed by atoms with E-state index in [2.05, 4.69) is 27.6 Å². The van der Waals surface area contributed by atoms with Crippen molar-refractivity contribution >= 4 is 23.4 Å². The maximum atomic E-state index is 12.2. The molecular formula is C22H24N4O3S. The number of thioether (sulfide) groups is 1. The van der Waals surface area contributed by atoms with Crippen molar-refractivity contribution in [3.05, 3.63) is 59.4 Å². The molecule has 1 heterocycles. The zero-order valence-electron chi connectivity index (χ0n) is 16.8. The van der Waals surface area contributed by atoms with Gasteiger partial charge in [0.2, 0.25) is 5.91 Å². The molecule has 0 aliphatic heterocycles. The van der Waals surface area contributed by atoms with Crippen LogP contribution < -0.4 is 10.1 Å². The number of para-hydroxylation sites is 2. The molecule has 0 radical (unpaired) electrons. The summed E-state index contributed by atoms with van der Waals surface area (Å²) in [7, 11) is 1.86. The van der Waals surface area contributed by atoms with Crippen LogP contribution in [0.5, 0.6) is 11.5 Å². The van der Waals surface area contributed by atoms with Crippen LogP contribution in [0, 0.1) is 0 Å². The van der Waals surface area contributed by atoms with Crippen LogP contribution in [0.4, 0.5) is 5.69 Å². The number of fused-ring (bicyclic) bond motifs is 1. The van der Waals surface area contributed by atoms with Gasteiger partial charge in [0.25, 0.3) is 0 Å². The fourth-order valence-corrected chi connectivity index (χ4v) is 4.17. The Morgan fingerprint density at radius 3 is 2.80 bits per heavy atom. The minimum absolute atomic E-state index is 0.0381. The molecule has 8 heteroatoms. The summed E-state index contributed by atoms with van der Waals surface area (Å²) in [6, 6.07) is 12.9. The van der Waals surface area contributed by atoms with E-state index in [1.54, 1.807) is 18.2 Å². The second-order valence-electron chi connectivity index (χ2n) is 7.24. The van der Waals surface area contributed by atoms with Crippen molar-refractivity contribution in [3.8, 4) is 11.5 Å². The minimum Gasteiger partial charge on any atom is -0.506 e. The summed E-state index contributed by atoms with van der Waals surface area (Å²) in [6.07, 6.45) is 4.76. The molecule has 0 saturated carbocycles. The number of ether oxygens (including phenoxy) is 1. The lowest BCUT2D eigenvalue weighted by Gasteiger charge is -2.16. The minimum atomic E-state index is -0.226. The molecule has 3 aromatic rings. The van der Waals surface area contributed by atoms with E-state index in [0.29, 0.717) is 23.3 Å². The summed E-state index contributed by atoms with van der Waals surface area (Å²) in [5.74, 6) is 1.50. The van der Waals surface area contributed by atoms with Crippen LogP contribution in [0.15, 0.2) is 47.6 Å². The quantitative estimate of drug-likeness (QED) is 0.444. The first-order valence-electron chi connectivity index (χ1n) is 9.93. The molecule has 1 aliphatic carbocycles. The third-order valence-corrected chi connectivity index (χ3v) is 6.14. The number of phenols is 1. The lowest BCUT2D eigenvalue weighted by Crippen LogP contribution is -2.14. The number of rotatable bonds is 7. The molecule has 1 amide bonds. The third-order valence-electron chi connectivity index (χ3n) is 5.12. The fraction of sp³-hybridized carbons (Fsp3) is 0.318. The van der Waals surface area contributed by atoms with Crippen LogP contribution >= 0.6 is 11.8 Å². The number of benzene rings is 2. The van der Waals surface area contributed by atoms with Crippen LogP contribution in [0.3, 0.4) is 0 Å². The van der Waals surface area contributed by atoms with Crippen LogP contribution in [0.1, 0.15) is 29.8 Å². The van der Waals surface area contributed by atoms with Gasteiger partial charge in [0.05, 0.1) is 11.4 Å². The van der Waals surface area contributed by atoms with Crippen LogP contribution in [0.2, 0.25) is 0 Å². The van der Waals surface area contributed by atoms with E-state index in [-0.39, 0.29) is 17.4 Å². The van der Waals surface area contributed by atoms with E-state index in [9.17, 15) is 9.90 Å². The number of aromatic nitrogens is 3. The lowest BCUT2D eigenvalue weighted by molar-refractivity contribution is -0.113. The Labute approximate surface area is 179 Å². The zero-order chi connectivity index (χ0) is 20.9. The standard InChI is InChI=1S/C22H24N4O3S/c1-26-20(13-29-17-11-10-15-6-2-3-7-16(15)12-17)24-25-22(26)30-14-21(28)23-18-8-4-5-9-19(18)27/h4-5,8-12,27H,2-3,6-7,13-14H2,1H3,(H,23,28). The number of aryl methyl sites for hydroxylation is 2. The monoisotopic (exact) mass is 424 g/mol. The van der Waals surface area contributed by atoms with Gasteiger partial charge in [-0.25, -0.2) is 0 Å². The Morgan fingerprint density at radius 2 is 1.97 bits per heavy atom. The predicted octanol–water partition coefficient (Wildman–Crippen LogP) is 3.71. The summed E-state index contributed by atoms with van der Waals surface area (Å²) >= 11 is 1.28. The first kappa shape index (κ1) is 20.3. The van der Waals surface area contributed by atoms with Gasteiger partial charge in [0, 0.05) is 7.05 Å². The highest BCUT2D eigenvalue weighted by Crippen LogP contribution is 2.26.